The molecule has 1 aliphatic rings. The molecule has 0 spiro atoms. The van der Waals surface area contributed by atoms with Gasteiger partial charge in [0, 0.05) is 13.1 Å². The number of rotatable bonds is 3. The molecule has 0 aliphatic carbocycles. The topological polar surface area (TPSA) is 34.0 Å². The highest BCUT2D eigenvalue weighted by Crippen LogP contribution is 2.33. The van der Waals surface area contributed by atoms with E-state index in [0.717, 1.165) is 24.7 Å². The predicted octanol–water partition coefficient (Wildman–Crippen LogP) is 2.52. The molecule has 4 nitrogen and oxygen atoms in total. The zero-order valence-electron chi connectivity index (χ0n) is 10.8. The van der Waals surface area contributed by atoms with Crippen LogP contribution in [-0.4, -0.2) is 26.2 Å². The molecule has 2 aromatic rings. The minimum atomic E-state index is 0.563. The second-order valence-electron chi connectivity index (χ2n) is 4.91. The van der Waals surface area contributed by atoms with E-state index < -0.39 is 0 Å². The van der Waals surface area contributed by atoms with Crippen molar-refractivity contribution in [2.75, 3.05) is 6.54 Å². The quantitative estimate of drug-likeness (QED) is 0.852. The third-order valence-corrected chi connectivity index (χ3v) is 4.52. The summed E-state index contributed by atoms with van der Waals surface area (Å²) in [6, 6.07) is 2.81. The Hall–Kier alpha value is -1.20. The molecule has 3 heterocycles. The van der Waals surface area contributed by atoms with Crippen molar-refractivity contribution in [2.45, 2.75) is 32.4 Å². The Morgan fingerprint density at radius 3 is 3.00 bits per heavy atom. The standard InChI is InChI=1S/C13H18N4S/c1-10-14-15-13(16(10)2)8-17-6-3-4-12(17)11-5-7-18-9-11/h5,7,9,12H,3-4,6,8H2,1-2H3/t12-/m0/s1. The third-order valence-electron chi connectivity index (χ3n) is 3.82. The average Bonchev–Trinajstić information content (AvgIpc) is 3.06. The van der Waals surface area contributed by atoms with Crippen LogP contribution in [0.25, 0.3) is 0 Å². The number of nitrogens with zero attached hydrogens (tertiary/aromatic N) is 4. The molecule has 0 N–H and O–H groups in total. The Kier molecular flexibility index (Phi) is 3.18. The lowest BCUT2D eigenvalue weighted by atomic mass is 10.1. The van der Waals surface area contributed by atoms with Gasteiger partial charge in [-0.05, 0) is 48.7 Å². The second kappa shape index (κ2) is 4.82. The van der Waals surface area contributed by atoms with E-state index in [1.165, 1.54) is 18.4 Å². The normalized spacial score (nSPS) is 20.7. The van der Waals surface area contributed by atoms with Crippen molar-refractivity contribution in [3.8, 4) is 0 Å². The maximum absolute atomic E-state index is 4.27. The van der Waals surface area contributed by atoms with Crippen LogP contribution in [0.3, 0.4) is 0 Å². The predicted molar refractivity (Wildman–Crippen MR) is 72.4 cm³/mol. The van der Waals surface area contributed by atoms with Crippen molar-refractivity contribution in [1.82, 2.24) is 19.7 Å². The molecule has 0 unspecified atom stereocenters. The molecule has 96 valence electrons. The summed E-state index contributed by atoms with van der Waals surface area (Å²) in [7, 11) is 2.04. The number of hydrogen-bond acceptors (Lipinski definition) is 4. The molecule has 1 fully saturated rings. The van der Waals surface area contributed by atoms with Gasteiger partial charge in [-0.15, -0.1) is 10.2 Å². The zero-order valence-corrected chi connectivity index (χ0v) is 11.7. The van der Waals surface area contributed by atoms with E-state index in [-0.39, 0.29) is 0 Å². The van der Waals surface area contributed by atoms with E-state index >= 15 is 0 Å². The van der Waals surface area contributed by atoms with Gasteiger partial charge < -0.3 is 4.57 Å². The van der Waals surface area contributed by atoms with Gasteiger partial charge in [-0.3, -0.25) is 4.90 Å². The van der Waals surface area contributed by atoms with Gasteiger partial charge in [-0.2, -0.15) is 11.3 Å². The minimum absolute atomic E-state index is 0.563. The highest BCUT2D eigenvalue weighted by atomic mass is 32.1. The average molecular weight is 262 g/mol. The van der Waals surface area contributed by atoms with Crippen molar-refractivity contribution in [2.24, 2.45) is 7.05 Å². The first-order valence-electron chi connectivity index (χ1n) is 6.36. The number of aryl methyl sites for hydroxylation is 1. The molecule has 0 saturated carbocycles. The van der Waals surface area contributed by atoms with Crippen LogP contribution in [0, 0.1) is 6.92 Å². The smallest absolute Gasteiger partial charge is 0.146 e. The molecule has 5 heteroatoms. The van der Waals surface area contributed by atoms with Gasteiger partial charge >= 0.3 is 0 Å². The highest BCUT2D eigenvalue weighted by molar-refractivity contribution is 7.07. The summed E-state index contributed by atoms with van der Waals surface area (Å²) in [5, 5.41) is 12.8. The summed E-state index contributed by atoms with van der Waals surface area (Å²) >= 11 is 1.78. The fraction of sp³-hybridized carbons (Fsp3) is 0.538. The molecule has 1 aliphatic heterocycles. The Bertz CT molecular complexity index is 517. The largest absolute Gasteiger partial charge is 0.317 e. The van der Waals surface area contributed by atoms with E-state index in [0.29, 0.717) is 6.04 Å². The van der Waals surface area contributed by atoms with Gasteiger partial charge in [0.2, 0.25) is 0 Å². The van der Waals surface area contributed by atoms with Crippen LogP contribution in [-0.2, 0) is 13.6 Å². The molecule has 1 atom stereocenters. The van der Waals surface area contributed by atoms with Crippen molar-refractivity contribution in [3.05, 3.63) is 34.0 Å². The maximum Gasteiger partial charge on any atom is 0.146 e. The van der Waals surface area contributed by atoms with E-state index in [4.69, 9.17) is 0 Å². The first-order chi connectivity index (χ1) is 8.75. The Morgan fingerprint density at radius 2 is 2.33 bits per heavy atom. The van der Waals surface area contributed by atoms with Crippen molar-refractivity contribution < 1.29 is 0 Å². The molecule has 0 aromatic carbocycles. The monoisotopic (exact) mass is 262 g/mol. The summed E-state index contributed by atoms with van der Waals surface area (Å²) in [6.45, 7) is 4.06. The first-order valence-corrected chi connectivity index (χ1v) is 7.31. The lowest BCUT2D eigenvalue weighted by Crippen LogP contribution is -2.24. The van der Waals surface area contributed by atoms with Crippen molar-refractivity contribution in [3.63, 3.8) is 0 Å². The molecule has 3 rings (SSSR count). The summed E-state index contributed by atoms with van der Waals surface area (Å²) in [4.78, 5) is 2.52. The summed E-state index contributed by atoms with van der Waals surface area (Å²) < 4.78 is 2.09. The van der Waals surface area contributed by atoms with Gasteiger partial charge in [-0.25, -0.2) is 0 Å². The molecule has 0 amide bonds. The van der Waals surface area contributed by atoms with Crippen LogP contribution in [0.4, 0.5) is 0 Å². The molecule has 0 bridgehead atoms. The SMILES string of the molecule is Cc1nnc(CN2CCC[C@H]2c2ccsc2)n1C. The van der Waals surface area contributed by atoms with E-state index in [9.17, 15) is 0 Å². The fourth-order valence-electron chi connectivity index (χ4n) is 2.63. The van der Waals surface area contributed by atoms with Gasteiger partial charge in [0.25, 0.3) is 0 Å². The Balaban J connectivity index is 1.78. The molecule has 18 heavy (non-hydrogen) atoms. The third kappa shape index (κ3) is 2.08. The van der Waals surface area contributed by atoms with E-state index in [1.807, 2.05) is 14.0 Å². The first kappa shape index (κ1) is 11.9. The van der Waals surface area contributed by atoms with Crippen LogP contribution < -0.4 is 0 Å². The van der Waals surface area contributed by atoms with Gasteiger partial charge in [0.05, 0.1) is 6.54 Å². The van der Waals surface area contributed by atoms with Crippen molar-refractivity contribution in [1.29, 1.82) is 0 Å². The minimum Gasteiger partial charge on any atom is -0.317 e. The highest BCUT2D eigenvalue weighted by Gasteiger charge is 2.27. The van der Waals surface area contributed by atoms with Crippen LogP contribution in [0.15, 0.2) is 16.8 Å². The van der Waals surface area contributed by atoms with Gasteiger partial charge in [0.1, 0.15) is 11.6 Å². The summed E-state index contributed by atoms with van der Waals surface area (Å²) in [5.74, 6) is 2.05. The van der Waals surface area contributed by atoms with Gasteiger partial charge in [-0.1, -0.05) is 0 Å². The van der Waals surface area contributed by atoms with Crippen LogP contribution in [0.1, 0.15) is 36.1 Å². The molecular formula is C13H18N4S. The fourth-order valence-corrected chi connectivity index (χ4v) is 3.33. The Morgan fingerprint density at radius 1 is 1.44 bits per heavy atom. The van der Waals surface area contributed by atoms with Crippen LogP contribution in [0.2, 0.25) is 0 Å². The maximum atomic E-state index is 4.27. The van der Waals surface area contributed by atoms with Crippen LogP contribution in [0.5, 0.6) is 0 Å². The summed E-state index contributed by atoms with van der Waals surface area (Å²) in [6.07, 6.45) is 2.53. The molecule has 0 radical (unpaired) electrons. The molecule has 2 aromatic heterocycles. The number of likely N-dealkylation sites (tertiary alicyclic amines) is 1. The number of thiophene rings is 1. The molecule has 1 saturated heterocycles. The van der Waals surface area contributed by atoms with E-state index in [1.54, 1.807) is 11.3 Å². The number of aromatic nitrogens is 3. The lowest BCUT2D eigenvalue weighted by Gasteiger charge is -2.23. The van der Waals surface area contributed by atoms with Crippen LogP contribution >= 0.6 is 11.3 Å². The summed E-state index contributed by atoms with van der Waals surface area (Å²) in [5.41, 5.74) is 1.45. The second-order valence-corrected chi connectivity index (χ2v) is 5.69. The Labute approximate surface area is 111 Å². The van der Waals surface area contributed by atoms with Gasteiger partial charge in [0.15, 0.2) is 0 Å². The van der Waals surface area contributed by atoms with Crippen molar-refractivity contribution >= 4 is 11.3 Å². The van der Waals surface area contributed by atoms with E-state index in [2.05, 4.69) is 36.5 Å². The molecular weight excluding hydrogens is 244 g/mol. The zero-order chi connectivity index (χ0) is 12.5. The number of hydrogen-bond donors (Lipinski definition) is 0. The lowest BCUT2D eigenvalue weighted by molar-refractivity contribution is 0.240.